The quantitative estimate of drug-likeness (QED) is 0.858. The van der Waals surface area contributed by atoms with Gasteiger partial charge in [-0.05, 0) is 38.3 Å². The smallest absolute Gasteiger partial charge is 0.190 e. The summed E-state index contributed by atoms with van der Waals surface area (Å²) in [6.45, 7) is 4.02. The number of hydrogen-bond donors (Lipinski definition) is 1. The molecule has 0 spiro atoms. The van der Waals surface area contributed by atoms with Crippen LogP contribution in [0.4, 0.5) is 0 Å². The number of ether oxygens (including phenoxy) is 1. The molecule has 0 aromatic carbocycles. The standard InChI is InChI=1S/C13H22N4OS.ClH/c1-17-12(11-2-5-14-6-3-11)15-16-13(17)19-9-10-4-7-18-8-10;/h10-11,14H,2-9H2,1H3;1H. The predicted molar refractivity (Wildman–Crippen MR) is 82.7 cm³/mol. The summed E-state index contributed by atoms with van der Waals surface area (Å²) in [7, 11) is 2.10. The molecule has 20 heavy (non-hydrogen) atoms. The topological polar surface area (TPSA) is 52.0 Å². The fourth-order valence-corrected chi connectivity index (χ4v) is 3.83. The van der Waals surface area contributed by atoms with Crippen molar-refractivity contribution in [3.8, 4) is 0 Å². The van der Waals surface area contributed by atoms with Crippen LogP contribution in [0.5, 0.6) is 0 Å². The van der Waals surface area contributed by atoms with E-state index in [0.29, 0.717) is 11.8 Å². The first-order chi connectivity index (χ1) is 9.34. The second-order valence-electron chi connectivity index (χ2n) is 5.46. The number of aromatic nitrogens is 3. The van der Waals surface area contributed by atoms with E-state index in [9.17, 15) is 0 Å². The first-order valence-corrected chi connectivity index (χ1v) is 8.13. The Bertz CT molecular complexity index is 417. The molecule has 2 aliphatic heterocycles. The van der Waals surface area contributed by atoms with Gasteiger partial charge in [-0.25, -0.2) is 0 Å². The molecule has 0 amide bonds. The summed E-state index contributed by atoms with van der Waals surface area (Å²) in [5, 5.41) is 13.2. The fraction of sp³-hybridized carbons (Fsp3) is 0.846. The van der Waals surface area contributed by atoms with Gasteiger partial charge >= 0.3 is 0 Å². The summed E-state index contributed by atoms with van der Waals surface area (Å²) in [4.78, 5) is 0. The summed E-state index contributed by atoms with van der Waals surface area (Å²) < 4.78 is 7.60. The van der Waals surface area contributed by atoms with Crippen molar-refractivity contribution in [3.63, 3.8) is 0 Å². The number of thioether (sulfide) groups is 1. The van der Waals surface area contributed by atoms with Crippen molar-refractivity contribution in [1.29, 1.82) is 0 Å². The van der Waals surface area contributed by atoms with Gasteiger partial charge in [0.2, 0.25) is 0 Å². The minimum absolute atomic E-state index is 0. The van der Waals surface area contributed by atoms with Gasteiger partial charge in [0, 0.05) is 25.3 Å². The van der Waals surface area contributed by atoms with E-state index in [4.69, 9.17) is 4.74 Å². The van der Waals surface area contributed by atoms with Gasteiger partial charge in [-0.2, -0.15) is 0 Å². The zero-order chi connectivity index (χ0) is 13.1. The molecule has 0 bridgehead atoms. The number of nitrogens with zero attached hydrogens (tertiary/aromatic N) is 3. The lowest BCUT2D eigenvalue weighted by Gasteiger charge is -2.21. The van der Waals surface area contributed by atoms with E-state index in [1.54, 1.807) is 0 Å². The second-order valence-corrected chi connectivity index (χ2v) is 6.45. The van der Waals surface area contributed by atoms with Crippen molar-refractivity contribution in [2.45, 2.75) is 30.3 Å². The average molecular weight is 319 g/mol. The molecule has 5 nitrogen and oxygen atoms in total. The third-order valence-electron chi connectivity index (χ3n) is 4.05. The van der Waals surface area contributed by atoms with Crippen molar-refractivity contribution >= 4 is 24.2 Å². The number of piperidine rings is 1. The molecule has 3 rings (SSSR count). The lowest BCUT2D eigenvalue weighted by atomic mass is 9.97. The van der Waals surface area contributed by atoms with Crippen molar-refractivity contribution in [1.82, 2.24) is 20.1 Å². The maximum Gasteiger partial charge on any atom is 0.190 e. The Morgan fingerprint density at radius 1 is 1.30 bits per heavy atom. The highest BCUT2D eigenvalue weighted by Gasteiger charge is 2.22. The van der Waals surface area contributed by atoms with Gasteiger partial charge in [0.1, 0.15) is 5.82 Å². The Kier molecular flexibility index (Phi) is 6.14. The van der Waals surface area contributed by atoms with Crippen molar-refractivity contribution < 1.29 is 4.74 Å². The Morgan fingerprint density at radius 3 is 2.80 bits per heavy atom. The van der Waals surface area contributed by atoms with Crippen LogP contribution in [0.1, 0.15) is 31.0 Å². The van der Waals surface area contributed by atoms with E-state index in [0.717, 1.165) is 43.0 Å². The van der Waals surface area contributed by atoms with Gasteiger partial charge in [0.25, 0.3) is 0 Å². The van der Waals surface area contributed by atoms with Crippen LogP contribution in [0, 0.1) is 5.92 Å². The van der Waals surface area contributed by atoms with Crippen LogP contribution in [-0.2, 0) is 11.8 Å². The summed E-state index contributed by atoms with van der Waals surface area (Å²) in [5.41, 5.74) is 0. The van der Waals surface area contributed by atoms with Crippen molar-refractivity contribution in [2.75, 3.05) is 32.1 Å². The van der Waals surface area contributed by atoms with Gasteiger partial charge in [0.15, 0.2) is 5.16 Å². The SMILES string of the molecule is Cl.Cn1c(SCC2CCOC2)nnc1C1CCNCC1. The highest BCUT2D eigenvalue weighted by molar-refractivity contribution is 7.99. The number of rotatable bonds is 4. The second kappa shape index (κ2) is 7.64. The maximum atomic E-state index is 5.41. The summed E-state index contributed by atoms with van der Waals surface area (Å²) in [5.74, 6) is 3.51. The van der Waals surface area contributed by atoms with E-state index < -0.39 is 0 Å². The molecule has 7 heteroatoms. The molecule has 1 aromatic rings. The van der Waals surface area contributed by atoms with Gasteiger partial charge < -0.3 is 14.6 Å². The van der Waals surface area contributed by atoms with E-state index in [1.165, 1.54) is 19.3 Å². The summed E-state index contributed by atoms with van der Waals surface area (Å²) in [6.07, 6.45) is 3.53. The lowest BCUT2D eigenvalue weighted by molar-refractivity contribution is 0.189. The van der Waals surface area contributed by atoms with E-state index in [-0.39, 0.29) is 12.4 Å². The van der Waals surface area contributed by atoms with Crippen LogP contribution < -0.4 is 5.32 Å². The van der Waals surface area contributed by atoms with Gasteiger partial charge in [0.05, 0.1) is 6.61 Å². The average Bonchev–Trinajstić information content (AvgIpc) is 3.07. The normalized spacial score (nSPS) is 23.8. The third-order valence-corrected chi connectivity index (χ3v) is 5.30. The van der Waals surface area contributed by atoms with E-state index >= 15 is 0 Å². The molecule has 1 N–H and O–H groups in total. The van der Waals surface area contributed by atoms with Crippen molar-refractivity contribution in [3.05, 3.63) is 5.82 Å². The molecule has 1 aromatic heterocycles. The lowest BCUT2D eigenvalue weighted by Crippen LogP contribution is -2.27. The predicted octanol–water partition coefficient (Wildman–Crippen LogP) is 1.83. The largest absolute Gasteiger partial charge is 0.381 e. The summed E-state index contributed by atoms with van der Waals surface area (Å²) >= 11 is 1.82. The molecule has 2 aliphatic rings. The Balaban J connectivity index is 0.00000147. The van der Waals surface area contributed by atoms with Crippen LogP contribution in [0.25, 0.3) is 0 Å². The molecular weight excluding hydrogens is 296 g/mol. The maximum absolute atomic E-state index is 5.41. The molecule has 0 aliphatic carbocycles. The number of nitrogens with one attached hydrogen (secondary N) is 1. The zero-order valence-corrected chi connectivity index (χ0v) is 13.5. The molecule has 3 heterocycles. The van der Waals surface area contributed by atoms with E-state index in [1.807, 2.05) is 11.8 Å². The van der Waals surface area contributed by atoms with Crippen molar-refractivity contribution in [2.24, 2.45) is 13.0 Å². The molecule has 1 unspecified atom stereocenters. The molecule has 0 radical (unpaired) electrons. The summed E-state index contributed by atoms with van der Waals surface area (Å²) in [6, 6.07) is 0. The number of hydrogen-bond acceptors (Lipinski definition) is 5. The molecule has 114 valence electrons. The third kappa shape index (κ3) is 3.67. The first kappa shape index (κ1) is 16.1. The van der Waals surface area contributed by atoms with Crippen LogP contribution >= 0.6 is 24.2 Å². The minimum Gasteiger partial charge on any atom is -0.381 e. The van der Waals surface area contributed by atoms with Gasteiger partial charge in [-0.15, -0.1) is 22.6 Å². The molecule has 2 fully saturated rings. The first-order valence-electron chi connectivity index (χ1n) is 7.15. The Hall–Kier alpha value is -0.300. The fourth-order valence-electron chi connectivity index (χ4n) is 2.79. The minimum atomic E-state index is 0. The highest BCUT2D eigenvalue weighted by atomic mass is 35.5. The van der Waals surface area contributed by atoms with Crippen LogP contribution in [0.3, 0.4) is 0 Å². The molecular formula is C13H23ClN4OS. The van der Waals surface area contributed by atoms with Gasteiger partial charge in [-0.3, -0.25) is 0 Å². The van der Waals surface area contributed by atoms with E-state index in [2.05, 4.69) is 27.1 Å². The van der Waals surface area contributed by atoms with Gasteiger partial charge in [-0.1, -0.05) is 11.8 Å². The molecule has 2 saturated heterocycles. The van der Waals surface area contributed by atoms with Crippen LogP contribution in [-0.4, -0.2) is 46.8 Å². The van der Waals surface area contributed by atoms with Crippen LogP contribution in [0.15, 0.2) is 5.16 Å². The van der Waals surface area contributed by atoms with Crippen LogP contribution in [0.2, 0.25) is 0 Å². The Labute approximate surface area is 130 Å². The monoisotopic (exact) mass is 318 g/mol. The molecule has 1 atom stereocenters. The Morgan fingerprint density at radius 2 is 2.10 bits per heavy atom. The zero-order valence-electron chi connectivity index (χ0n) is 11.9. The molecule has 0 saturated carbocycles. The highest BCUT2D eigenvalue weighted by Crippen LogP contribution is 2.28. The number of halogens is 1.